The molecule has 1 heterocycles. The molecule has 0 spiro atoms. The Bertz CT molecular complexity index is 579. The summed E-state index contributed by atoms with van der Waals surface area (Å²) < 4.78 is 1.81. The third-order valence-electron chi connectivity index (χ3n) is 2.67. The van der Waals surface area contributed by atoms with E-state index in [1.54, 1.807) is 18.3 Å². The summed E-state index contributed by atoms with van der Waals surface area (Å²) in [6.45, 7) is 2.49. The van der Waals surface area contributed by atoms with Crippen LogP contribution in [0, 0.1) is 17.0 Å². The number of anilines is 1. The van der Waals surface area contributed by atoms with Crippen LogP contribution in [-0.2, 0) is 6.54 Å². The van der Waals surface area contributed by atoms with Crippen LogP contribution in [0.2, 0.25) is 0 Å². The zero-order valence-electron chi connectivity index (χ0n) is 9.83. The lowest BCUT2D eigenvalue weighted by atomic mass is 10.1. The van der Waals surface area contributed by atoms with Gasteiger partial charge in [0, 0.05) is 18.0 Å². The van der Waals surface area contributed by atoms with Crippen LogP contribution in [0.4, 0.5) is 11.4 Å². The summed E-state index contributed by atoms with van der Waals surface area (Å²) in [5, 5.41) is 14.9. The SMILES string of the molecule is Cc1ccnn1Cc1ccc([N+](=O)[O-])c(NN)c1. The van der Waals surface area contributed by atoms with E-state index in [4.69, 9.17) is 5.84 Å². The van der Waals surface area contributed by atoms with Gasteiger partial charge in [0.15, 0.2) is 0 Å². The highest BCUT2D eigenvalue weighted by molar-refractivity contribution is 5.62. The molecule has 0 saturated heterocycles. The Morgan fingerprint density at radius 3 is 2.83 bits per heavy atom. The van der Waals surface area contributed by atoms with E-state index < -0.39 is 4.92 Å². The normalized spacial score (nSPS) is 10.3. The molecule has 0 aliphatic carbocycles. The van der Waals surface area contributed by atoms with E-state index in [1.165, 1.54) is 6.07 Å². The van der Waals surface area contributed by atoms with Gasteiger partial charge in [-0.15, -0.1) is 0 Å². The highest BCUT2D eigenvalue weighted by atomic mass is 16.6. The minimum atomic E-state index is -0.474. The van der Waals surface area contributed by atoms with Gasteiger partial charge in [0.05, 0.1) is 11.5 Å². The summed E-state index contributed by atoms with van der Waals surface area (Å²) in [6.07, 6.45) is 1.71. The van der Waals surface area contributed by atoms with Crippen LogP contribution in [0.25, 0.3) is 0 Å². The molecule has 94 valence electrons. The molecule has 1 aromatic carbocycles. The first-order chi connectivity index (χ1) is 8.61. The third-order valence-corrected chi connectivity index (χ3v) is 2.67. The highest BCUT2D eigenvalue weighted by Crippen LogP contribution is 2.24. The Morgan fingerprint density at radius 1 is 1.50 bits per heavy atom. The summed E-state index contributed by atoms with van der Waals surface area (Å²) in [5.41, 5.74) is 4.50. The Hall–Kier alpha value is -2.41. The molecule has 0 unspecified atom stereocenters. The van der Waals surface area contributed by atoms with Crippen LogP contribution in [0.3, 0.4) is 0 Å². The van der Waals surface area contributed by atoms with Gasteiger partial charge in [-0.05, 0) is 24.6 Å². The monoisotopic (exact) mass is 247 g/mol. The number of nitro benzene ring substituents is 1. The molecule has 0 radical (unpaired) electrons. The Labute approximate surface area is 103 Å². The van der Waals surface area contributed by atoms with E-state index in [1.807, 2.05) is 17.7 Å². The number of aryl methyl sites for hydroxylation is 1. The number of benzene rings is 1. The number of aromatic nitrogens is 2. The second-order valence-electron chi connectivity index (χ2n) is 3.88. The van der Waals surface area contributed by atoms with Crippen LogP contribution < -0.4 is 11.3 Å². The van der Waals surface area contributed by atoms with Gasteiger partial charge in [0.1, 0.15) is 5.69 Å². The summed E-state index contributed by atoms with van der Waals surface area (Å²) in [5.74, 6) is 5.28. The van der Waals surface area contributed by atoms with Crippen LogP contribution in [0.15, 0.2) is 30.5 Å². The van der Waals surface area contributed by atoms with Crippen LogP contribution in [-0.4, -0.2) is 14.7 Å². The maximum Gasteiger partial charge on any atom is 0.293 e. The number of nitrogen functional groups attached to an aromatic ring is 1. The fourth-order valence-electron chi connectivity index (χ4n) is 1.69. The quantitative estimate of drug-likeness (QED) is 0.483. The number of hydrazine groups is 1. The first-order valence-electron chi connectivity index (χ1n) is 5.34. The van der Waals surface area contributed by atoms with Gasteiger partial charge < -0.3 is 5.43 Å². The number of hydrogen-bond donors (Lipinski definition) is 2. The molecule has 0 saturated carbocycles. The molecule has 0 amide bonds. The molecule has 0 fully saturated rings. The zero-order valence-corrected chi connectivity index (χ0v) is 9.83. The van der Waals surface area contributed by atoms with E-state index in [2.05, 4.69) is 10.5 Å². The predicted molar refractivity (Wildman–Crippen MR) is 67.0 cm³/mol. The molecule has 3 N–H and O–H groups in total. The van der Waals surface area contributed by atoms with Crippen molar-refractivity contribution in [3.05, 3.63) is 51.8 Å². The van der Waals surface area contributed by atoms with Gasteiger partial charge in [-0.2, -0.15) is 5.10 Å². The molecule has 1 aromatic heterocycles. The number of rotatable bonds is 4. The number of nitro groups is 1. The first-order valence-corrected chi connectivity index (χ1v) is 5.34. The number of nitrogens with one attached hydrogen (secondary N) is 1. The average Bonchev–Trinajstić information content (AvgIpc) is 2.74. The molecular weight excluding hydrogens is 234 g/mol. The topological polar surface area (TPSA) is 99.0 Å². The average molecular weight is 247 g/mol. The Kier molecular flexibility index (Phi) is 3.24. The maximum atomic E-state index is 10.8. The fourth-order valence-corrected chi connectivity index (χ4v) is 1.69. The summed E-state index contributed by atoms with van der Waals surface area (Å²) in [6, 6.07) is 6.68. The van der Waals surface area contributed by atoms with Crippen molar-refractivity contribution in [2.45, 2.75) is 13.5 Å². The summed E-state index contributed by atoms with van der Waals surface area (Å²) in [7, 11) is 0. The first kappa shape index (κ1) is 12.1. The molecule has 0 atom stereocenters. The Morgan fingerprint density at radius 2 is 2.28 bits per heavy atom. The zero-order chi connectivity index (χ0) is 13.1. The third kappa shape index (κ3) is 2.30. The lowest BCUT2D eigenvalue weighted by molar-refractivity contribution is -0.384. The van der Waals surface area contributed by atoms with E-state index in [0.29, 0.717) is 12.2 Å². The molecule has 0 bridgehead atoms. The van der Waals surface area contributed by atoms with Crippen LogP contribution in [0.1, 0.15) is 11.3 Å². The Balaban J connectivity index is 2.30. The standard InChI is InChI=1S/C11H13N5O2/c1-8-4-5-13-15(8)7-9-2-3-11(16(17)18)10(6-9)14-12/h2-6,14H,7,12H2,1H3. The van der Waals surface area contributed by atoms with E-state index in [9.17, 15) is 10.1 Å². The van der Waals surface area contributed by atoms with E-state index in [-0.39, 0.29) is 5.69 Å². The molecular formula is C11H13N5O2. The molecule has 7 heteroatoms. The van der Waals surface area contributed by atoms with Crippen molar-refractivity contribution in [2.24, 2.45) is 5.84 Å². The van der Waals surface area contributed by atoms with Crippen molar-refractivity contribution in [3.63, 3.8) is 0 Å². The predicted octanol–water partition coefficient (Wildman–Crippen LogP) is 1.43. The van der Waals surface area contributed by atoms with Crippen molar-refractivity contribution in [1.82, 2.24) is 9.78 Å². The summed E-state index contributed by atoms with van der Waals surface area (Å²) in [4.78, 5) is 10.3. The second kappa shape index (κ2) is 4.84. The van der Waals surface area contributed by atoms with Crippen molar-refractivity contribution < 1.29 is 4.92 Å². The number of nitrogens with two attached hydrogens (primary N) is 1. The second-order valence-corrected chi connectivity index (χ2v) is 3.88. The van der Waals surface area contributed by atoms with Crippen molar-refractivity contribution in [3.8, 4) is 0 Å². The summed E-state index contributed by atoms with van der Waals surface area (Å²) >= 11 is 0. The number of hydrogen-bond acceptors (Lipinski definition) is 5. The minimum Gasteiger partial charge on any atom is -0.318 e. The molecule has 0 aliphatic rings. The van der Waals surface area contributed by atoms with Crippen molar-refractivity contribution in [1.29, 1.82) is 0 Å². The van der Waals surface area contributed by atoms with Crippen molar-refractivity contribution >= 4 is 11.4 Å². The minimum absolute atomic E-state index is 0.0431. The smallest absolute Gasteiger partial charge is 0.293 e. The molecule has 18 heavy (non-hydrogen) atoms. The van der Waals surface area contributed by atoms with Gasteiger partial charge in [-0.1, -0.05) is 6.07 Å². The fraction of sp³-hybridized carbons (Fsp3) is 0.182. The van der Waals surface area contributed by atoms with Crippen molar-refractivity contribution in [2.75, 3.05) is 5.43 Å². The van der Waals surface area contributed by atoms with Gasteiger partial charge >= 0.3 is 0 Å². The van der Waals surface area contributed by atoms with Gasteiger partial charge in [-0.25, -0.2) is 0 Å². The van der Waals surface area contributed by atoms with E-state index >= 15 is 0 Å². The molecule has 2 rings (SSSR count). The molecule has 7 nitrogen and oxygen atoms in total. The van der Waals surface area contributed by atoms with E-state index in [0.717, 1.165) is 11.3 Å². The highest BCUT2D eigenvalue weighted by Gasteiger charge is 2.13. The van der Waals surface area contributed by atoms with Gasteiger partial charge in [-0.3, -0.25) is 20.6 Å². The molecule has 0 aliphatic heterocycles. The number of nitrogens with zero attached hydrogens (tertiary/aromatic N) is 3. The van der Waals surface area contributed by atoms with Crippen LogP contribution in [0.5, 0.6) is 0 Å². The van der Waals surface area contributed by atoms with Gasteiger partial charge in [0.25, 0.3) is 5.69 Å². The lowest BCUT2D eigenvalue weighted by Crippen LogP contribution is -2.10. The lowest BCUT2D eigenvalue weighted by Gasteiger charge is -2.07. The molecule has 2 aromatic rings. The maximum absolute atomic E-state index is 10.8. The van der Waals surface area contributed by atoms with Gasteiger partial charge in [0.2, 0.25) is 0 Å². The largest absolute Gasteiger partial charge is 0.318 e. The van der Waals surface area contributed by atoms with Crippen LogP contribution >= 0.6 is 0 Å².